The highest BCUT2D eigenvalue weighted by Gasteiger charge is 2.14. The van der Waals surface area contributed by atoms with Gasteiger partial charge in [0.15, 0.2) is 5.69 Å². The molecule has 3 rings (SSSR count). The highest BCUT2D eigenvalue weighted by Crippen LogP contribution is 2.21. The maximum Gasteiger partial charge on any atom is 0.356 e. The lowest BCUT2D eigenvalue weighted by Gasteiger charge is -2.03. The quantitative estimate of drug-likeness (QED) is 0.762. The van der Waals surface area contributed by atoms with E-state index in [1.807, 2.05) is 53.1 Å². The molecule has 0 fully saturated rings. The van der Waals surface area contributed by atoms with E-state index in [2.05, 4.69) is 4.98 Å². The molecule has 2 aromatic heterocycles. The number of carboxylic acids is 1. The molecule has 2 heterocycles. The summed E-state index contributed by atoms with van der Waals surface area (Å²) in [4.78, 5) is 15.2. The van der Waals surface area contributed by atoms with Gasteiger partial charge in [0.05, 0.1) is 5.69 Å². The van der Waals surface area contributed by atoms with E-state index in [1.165, 1.54) is 0 Å². The SMILES string of the molecule is Cc1c(C(=O)O)nc2ccc(-c3ccccc3)cn12. The molecule has 0 aliphatic rings. The maximum atomic E-state index is 11.1. The Balaban J connectivity index is 2.21. The molecule has 3 aromatic rings. The average molecular weight is 252 g/mol. The number of aromatic carboxylic acids is 1. The van der Waals surface area contributed by atoms with Crippen molar-refractivity contribution in [3.05, 3.63) is 60.0 Å². The molecule has 0 bridgehead atoms. The molecule has 1 aromatic carbocycles. The molecule has 19 heavy (non-hydrogen) atoms. The summed E-state index contributed by atoms with van der Waals surface area (Å²) in [7, 11) is 0. The van der Waals surface area contributed by atoms with Gasteiger partial charge in [-0.25, -0.2) is 9.78 Å². The van der Waals surface area contributed by atoms with Gasteiger partial charge in [0.25, 0.3) is 0 Å². The number of hydrogen-bond donors (Lipinski definition) is 1. The minimum atomic E-state index is -0.998. The van der Waals surface area contributed by atoms with Crippen LogP contribution in [0.1, 0.15) is 16.2 Å². The molecule has 0 saturated heterocycles. The van der Waals surface area contributed by atoms with Crippen LogP contribution in [0.2, 0.25) is 0 Å². The van der Waals surface area contributed by atoms with Gasteiger partial charge in [-0.1, -0.05) is 30.3 Å². The zero-order valence-electron chi connectivity index (χ0n) is 10.4. The van der Waals surface area contributed by atoms with E-state index in [-0.39, 0.29) is 5.69 Å². The number of imidazole rings is 1. The molecule has 0 atom stereocenters. The van der Waals surface area contributed by atoms with Gasteiger partial charge in [0, 0.05) is 6.20 Å². The Bertz CT molecular complexity index is 760. The van der Waals surface area contributed by atoms with Crippen LogP contribution >= 0.6 is 0 Å². The topological polar surface area (TPSA) is 54.6 Å². The Hall–Kier alpha value is -2.62. The zero-order valence-corrected chi connectivity index (χ0v) is 10.4. The van der Waals surface area contributed by atoms with Gasteiger partial charge in [-0.3, -0.25) is 0 Å². The van der Waals surface area contributed by atoms with E-state index in [1.54, 1.807) is 6.92 Å². The van der Waals surface area contributed by atoms with Crippen molar-refractivity contribution in [1.29, 1.82) is 0 Å². The number of benzene rings is 1. The first-order valence-corrected chi connectivity index (χ1v) is 5.94. The Kier molecular flexibility index (Phi) is 2.56. The third-order valence-corrected chi connectivity index (χ3v) is 3.17. The number of rotatable bonds is 2. The fourth-order valence-electron chi connectivity index (χ4n) is 2.17. The molecule has 94 valence electrons. The van der Waals surface area contributed by atoms with Gasteiger partial charge in [0.1, 0.15) is 5.65 Å². The molecular weight excluding hydrogens is 240 g/mol. The number of aromatic nitrogens is 2. The number of nitrogens with zero attached hydrogens (tertiary/aromatic N) is 2. The predicted molar refractivity (Wildman–Crippen MR) is 72.3 cm³/mol. The average Bonchev–Trinajstić information content (AvgIpc) is 2.77. The van der Waals surface area contributed by atoms with Crippen molar-refractivity contribution < 1.29 is 9.90 Å². The molecule has 0 saturated carbocycles. The van der Waals surface area contributed by atoms with Crippen LogP contribution in [-0.2, 0) is 0 Å². The summed E-state index contributed by atoms with van der Waals surface area (Å²) in [6.07, 6.45) is 1.92. The number of carboxylic acid groups (broad SMARTS) is 1. The van der Waals surface area contributed by atoms with Crippen molar-refractivity contribution in [2.75, 3.05) is 0 Å². The van der Waals surface area contributed by atoms with Crippen LogP contribution < -0.4 is 0 Å². The summed E-state index contributed by atoms with van der Waals surface area (Å²) < 4.78 is 1.81. The minimum Gasteiger partial charge on any atom is -0.476 e. The molecule has 1 N–H and O–H groups in total. The van der Waals surface area contributed by atoms with Gasteiger partial charge >= 0.3 is 5.97 Å². The van der Waals surface area contributed by atoms with Crippen LogP contribution in [-0.4, -0.2) is 20.5 Å². The summed E-state index contributed by atoms with van der Waals surface area (Å²) in [5, 5.41) is 9.08. The second kappa shape index (κ2) is 4.24. The number of hydrogen-bond acceptors (Lipinski definition) is 2. The number of pyridine rings is 1. The molecule has 4 heteroatoms. The highest BCUT2D eigenvalue weighted by molar-refractivity contribution is 5.88. The van der Waals surface area contributed by atoms with Gasteiger partial charge in [0.2, 0.25) is 0 Å². The summed E-state index contributed by atoms with van der Waals surface area (Å²) in [5.41, 5.74) is 3.51. The Morgan fingerprint density at radius 2 is 1.84 bits per heavy atom. The minimum absolute atomic E-state index is 0.102. The van der Waals surface area contributed by atoms with Gasteiger partial charge in [-0.2, -0.15) is 0 Å². The monoisotopic (exact) mass is 252 g/mol. The van der Waals surface area contributed by atoms with E-state index >= 15 is 0 Å². The van der Waals surface area contributed by atoms with Crippen LogP contribution in [0, 0.1) is 6.92 Å². The van der Waals surface area contributed by atoms with Crippen molar-refractivity contribution in [2.45, 2.75) is 6.92 Å². The molecule has 0 aliphatic heterocycles. The standard InChI is InChI=1S/C15H12N2O2/c1-10-14(15(18)19)16-13-8-7-12(9-17(10)13)11-5-3-2-4-6-11/h2-9H,1H3,(H,18,19). The molecule has 4 nitrogen and oxygen atoms in total. The van der Waals surface area contributed by atoms with Crippen LogP contribution in [0.5, 0.6) is 0 Å². The Morgan fingerprint density at radius 3 is 2.53 bits per heavy atom. The summed E-state index contributed by atoms with van der Waals surface area (Å²) in [6, 6.07) is 13.7. The first-order chi connectivity index (χ1) is 9.16. The Labute approximate surface area is 110 Å². The summed E-state index contributed by atoms with van der Waals surface area (Å²) >= 11 is 0. The number of carbonyl (C=O) groups is 1. The first-order valence-electron chi connectivity index (χ1n) is 5.94. The second-order valence-corrected chi connectivity index (χ2v) is 4.36. The maximum absolute atomic E-state index is 11.1. The molecule has 0 aliphatic carbocycles. The van der Waals surface area contributed by atoms with E-state index in [0.717, 1.165) is 11.1 Å². The molecular formula is C15H12N2O2. The van der Waals surface area contributed by atoms with Gasteiger partial charge < -0.3 is 9.51 Å². The van der Waals surface area contributed by atoms with Crippen molar-refractivity contribution in [1.82, 2.24) is 9.38 Å². The number of fused-ring (bicyclic) bond motifs is 1. The van der Waals surface area contributed by atoms with Gasteiger partial charge in [-0.15, -0.1) is 0 Å². The van der Waals surface area contributed by atoms with Crippen molar-refractivity contribution >= 4 is 11.6 Å². The third kappa shape index (κ3) is 1.87. The van der Waals surface area contributed by atoms with Crippen LogP contribution in [0.25, 0.3) is 16.8 Å². The van der Waals surface area contributed by atoms with Crippen molar-refractivity contribution in [3.63, 3.8) is 0 Å². The van der Waals surface area contributed by atoms with Crippen molar-refractivity contribution in [3.8, 4) is 11.1 Å². The second-order valence-electron chi connectivity index (χ2n) is 4.36. The smallest absolute Gasteiger partial charge is 0.356 e. The summed E-state index contributed by atoms with van der Waals surface area (Å²) in [6.45, 7) is 1.76. The Morgan fingerprint density at radius 1 is 1.11 bits per heavy atom. The normalized spacial score (nSPS) is 10.8. The molecule has 0 spiro atoms. The lowest BCUT2D eigenvalue weighted by atomic mass is 10.1. The molecule has 0 amide bonds. The lowest BCUT2D eigenvalue weighted by Crippen LogP contribution is -1.99. The van der Waals surface area contributed by atoms with E-state index in [4.69, 9.17) is 5.11 Å². The van der Waals surface area contributed by atoms with E-state index in [0.29, 0.717) is 11.3 Å². The van der Waals surface area contributed by atoms with E-state index in [9.17, 15) is 4.79 Å². The first kappa shape index (κ1) is 11.5. The van der Waals surface area contributed by atoms with Gasteiger partial charge in [-0.05, 0) is 30.2 Å². The largest absolute Gasteiger partial charge is 0.476 e. The molecule has 0 radical (unpaired) electrons. The predicted octanol–water partition coefficient (Wildman–Crippen LogP) is 3.01. The van der Waals surface area contributed by atoms with Crippen LogP contribution in [0.3, 0.4) is 0 Å². The zero-order chi connectivity index (χ0) is 13.4. The lowest BCUT2D eigenvalue weighted by molar-refractivity contribution is 0.0690. The van der Waals surface area contributed by atoms with E-state index < -0.39 is 5.97 Å². The fourth-order valence-corrected chi connectivity index (χ4v) is 2.17. The number of aryl methyl sites for hydroxylation is 1. The molecule has 0 unspecified atom stereocenters. The fraction of sp³-hybridized carbons (Fsp3) is 0.0667. The van der Waals surface area contributed by atoms with Crippen LogP contribution in [0.15, 0.2) is 48.7 Å². The third-order valence-electron chi connectivity index (χ3n) is 3.17. The van der Waals surface area contributed by atoms with Crippen LogP contribution in [0.4, 0.5) is 0 Å². The van der Waals surface area contributed by atoms with Crippen molar-refractivity contribution in [2.24, 2.45) is 0 Å². The summed E-state index contributed by atoms with van der Waals surface area (Å²) in [5.74, 6) is -0.998. The highest BCUT2D eigenvalue weighted by atomic mass is 16.4.